The third kappa shape index (κ3) is 6.48. The van der Waals surface area contributed by atoms with Gasteiger partial charge in [0.05, 0.1) is 6.54 Å². The molecule has 0 fully saturated rings. The van der Waals surface area contributed by atoms with Gasteiger partial charge in [-0.3, -0.25) is 14.4 Å². The Labute approximate surface area is 88.0 Å². The minimum absolute atomic E-state index is 0.205. The molecule has 0 heterocycles. The Kier molecular flexibility index (Phi) is 4.77. The summed E-state index contributed by atoms with van der Waals surface area (Å²) in [6.45, 7) is 4.51. The van der Waals surface area contributed by atoms with Crippen LogP contribution in [-0.2, 0) is 14.4 Å². The van der Waals surface area contributed by atoms with E-state index in [2.05, 4.69) is 10.6 Å². The molecule has 0 aromatic carbocycles. The van der Waals surface area contributed by atoms with Gasteiger partial charge < -0.3 is 15.7 Å². The number of hydrogen-bond acceptors (Lipinski definition) is 3. The molecule has 0 atom stereocenters. The van der Waals surface area contributed by atoms with Crippen LogP contribution in [-0.4, -0.2) is 36.0 Å². The van der Waals surface area contributed by atoms with Crippen LogP contribution in [0.4, 0.5) is 0 Å². The highest BCUT2D eigenvalue weighted by Gasteiger charge is 2.21. The van der Waals surface area contributed by atoms with Crippen LogP contribution in [0.5, 0.6) is 0 Å². The SMILES string of the molecule is CC(C)(C)C(=O)NCC(=O)NCC(=O)O. The van der Waals surface area contributed by atoms with Crippen LogP contribution in [0.2, 0.25) is 0 Å². The number of hydrogen-bond donors (Lipinski definition) is 3. The molecule has 0 rings (SSSR count). The van der Waals surface area contributed by atoms with Gasteiger partial charge in [-0.2, -0.15) is 0 Å². The molecule has 0 unspecified atom stereocenters. The van der Waals surface area contributed by atoms with Crippen molar-refractivity contribution < 1.29 is 19.5 Å². The second-order valence-corrected chi connectivity index (χ2v) is 4.10. The van der Waals surface area contributed by atoms with Crippen molar-refractivity contribution in [2.45, 2.75) is 20.8 Å². The van der Waals surface area contributed by atoms with Crippen LogP contribution < -0.4 is 10.6 Å². The predicted octanol–water partition coefficient (Wildman–Crippen LogP) is -0.650. The number of carbonyl (C=O) groups is 3. The highest BCUT2D eigenvalue weighted by atomic mass is 16.4. The Morgan fingerprint density at radius 2 is 1.60 bits per heavy atom. The van der Waals surface area contributed by atoms with E-state index in [9.17, 15) is 14.4 Å². The van der Waals surface area contributed by atoms with Gasteiger partial charge in [0.15, 0.2) is 0 Å². The van der Waals surface area contributed by atoms with Crippen LogP contribution >= 0.6 is 0 Å². The summed E-state index contributed by atoms with van der Waals surface area (Å²) in [7, 11) is 0. The zero-order chi connectivity index (χ0) is 12.1. The molecule has 0 aliphatic carbocycles. The Hall–Kier alpha value is -1.59. The van der Waals surface area contributed by atoms with E-state index in [4.69, 9.17) is 5.11 Å². The minimum Gasteiger partial charge on any atom is -0.480 e. The lowest BCUT2D eigenvalue weighted by Crippen LogP contribution is -2.42. The van der Waals surface area contributed by atoms with Crippen molar-refractivity contribution in [1.29, 1.82) is 0 Å². The molecule has 0 aliphatic heterocycles. The van der Waals surface area contributed by atoms with Crippen LogP contribution in [0.25, 0.3) is 0 Å². The topological polar surface area (TPSA) is 95.5 Å². The average molecular weight is 216 g/mol. The summed E-state index contributed by atoms with van der Waals surface area (Å²) in [6, 6.07) is 0. The average Bonchev–Trinajstić information content (AvgIpc) is 2.09. The lowest BCUT2D eigenvalue weighted by atomic mass is 9.96. The molecule has 0 spiro atoms. The quantitative estimate of drug-likeness (QED) is 0.582. The third-order valence-corrected chi connectivity index (χ3v) is 1.53. The van der Waals surface area contributed by atoms with Gasteiger partial charge in [-0.15, -0.1) is 0 Å². The molecule has 15 heavy (non-hydrogen) atoms. The molecular weight excluding hydrogens is 200 g/mol. The highest BCUT2D eigenvalue weighted by molar-refractivity contribution is 5.88. The Bertz CT molecular complexity index is 268. The lowest BCUT2D eigenvalue weighted by molar-refractivity contribution is -0.138. The second-order valence-electron chi connectivity index (χ2n) is 4.10. The molecule has 0 bridgehead atoms. The normalized spacial score (nSPS) is 10.6. The summed E-state index contributed by atoms with van der Waals surface area (Å²) >= 11 is 0. The molecule has 3 N–H and O–H groups in total. The van der Waals surface area contributed by atoms with E-state index >= 15 is 0 Å². The maximum absolute atomic E-state index is 11.3. The minimum atomic E-state index is -1.12. The highest BCUT2D eigenvalue weighted by Crippen LogP contribution is 2.11. The molecule has 0 aromatic rings. The summed E-state index contributed by atoms with van der Waals surface area (Å²) in [5, 5.41) is 12.8. The third-order valence-electron chi connectivity index (χ3n) is 1.53. The van der Waals surface area contributed by atoms with Crippen molar-refractivity contribution in [2.24, 2.45) is 5.41 Å². The number of carboxylic acid groups (broad SMARTS) is 1. The first-order valence-corrected chi connectivity index (χ1v) is 4.50. The molecule has 0 aromatic heterocycles. The van der Waals surface area contributed by atoms with Crippen LogP contribution in [0.15, 0.2) is 0 Å². The number of amides is 2. The van der Waals surface area contributed by atoms with Crippen molar-refractivity contribution in [3.05, 3.63) is 0 Å². The zero-order valence-electron chi connectivity index (χ0n) is 9.09. The Morgan fingerprint density at radius 1 is 1.07 bits per heavy atom. The Balaban J connectivity index is 3.82. The number of carboxylic acids is 1. The van der Waals surface area contributed by atoms with Gasteiger partial charge in [0.25, 0.3) is 0 Å². The van der Waals surface area contributed by atoms with E-state index in [0.29, 0.717) is 0 Å². The molecule has 0 saturated carbocycles. The Morgan fingerprint density at radius 3 is 2.00 bits per heavy atom. The molecule has 2 amide bonds. The monoisotopic (exact) mass is 216 g/mol. The summed E-state index contributed by atoms with van der Waals surface area (Å²) in [5.41, 5.74) is -0.562. The molecule has 86 valence electrons. The zero-order valence-corrected chi connectivity index (χ0v) is 9.09. The smallest absolute Gasteiger partial charge is 0.322 e. The maximum atomic E-state index is 11.3. The van der Waals surface area contributed by atoms with Gasteiger partial charge >= 0.3 is 5.97 Å². The maximum Gasteiger partial charge on any atom is 0.322 e. The molecular formula is C9H16N2O4. The van der Waals surface area contributed by atoms with Crippen LogP contribution in [0.1, 0.15) is 20.8 Å². The van der Waals surface area contributed by atoms with Crippen molar-refractivity contribution >= 4 is 17.8 Å². The van der Waals surface area contributed by atoms with Gasteiger partial charge in [-0.1, -0.05) is 20.8 Å². The molecule has 0 saturated heterocycles. The van der Waals surface area contributed by atoms with Gasteiger partial charge in [0.1, 0.15) is 6.54 Å². The van der Waals surface area contributed by atoms with Gasteiger partial charge in [-0.25, -0.2) is 0 Å². The summed E-state index contributed by atoms with van der Waals surface area (Å²) in [5.74, 6) is -1.89. The van der Waals surface area contributed by atoms with Gasteiger partial charge in [0.2, 0.25) is 11.8 Å². The van der Waals surface area contributed by atoms with E-state index in [1.165, 1.54) is 0 Å². The van der Waals surface area contributed by atoms with E-state index in [-0.39, 0.29) is 12.5 Å². The first kappa shape index (κ1) is 13.4. The molecule has 0 radical (unpaired) electrons. The van der Waals surface area contributed by atoms with Gasteiger partial charge in [0, 0.05) is 5.41 Å². The number of carbonyl (C=O) groups excluding carboxylic acids is 2. The van der Waals surface area contributed by atoms with E-state index in [0.717, 1.165) is 0 Å². The van der Waals surface area contributed by atoms with E-state index < -0.39 is 23.8 Å². The second kappa shape index (κ2) is 5.33. The van der Waals surface area contributed by atoms with Crippen molar-refractivity contribution in [2.75, 3.05) is 13.1 Å². The molecule has 6 heteroatoms. The van der Waals surface area contributed by atoms with Crippen LogP contribution in [0, 0.1) is 5.41 Å². The number of rotatable bonds is 4. The molecule has 0 aliphatic rings. The van der Waals surface area contributed by atoms with Crippen molar-refractivity contribution in [1.82, 2.24) is 10.6 Å². The first-order valence-electron chi connectivity index (χ1n) is 4.50. The number of nitrogens with one attached hydrogen (secondary N) is 2. The predicted molar refractivity (Wildman–Crippen MR) is 53.1 cm³/mol. The molecule has 6 nitrogen and oxygen atoms in total. The largest absolute Gasteiger partial charge is 0.480 e. The van der Waals surface area contributed by atoms with Crippen LogP contribution in [0.3, 0.4) is 0 Å². The summed E-state index contributed by atoms with van der Waals surface area (Å²) in [6.07, 6.45) is 0. The first-order chi connectivity index (χ1) is 6.73. The summed E-state index contributed by atoms with van der Waals surface area (Å²) < 4.78 is 0. The van der Waals surface area contributed by atoms with Crippen molar-refractivity contribution in [3.63, 3.8) is 0 Å². The lowest BCUT2D eigenvalue weighted by Gasteiger charge is -2.17. The van der Waals surface area contributed by atoms with Gasteiger partial charge in [-0.05, 0) is 0 Å². The van der Waals surface area contributed by atoms with Crippen molar-refractivity contribution in [3.8, 4) is 0 Å². The summed E-state index contributed by atoms with van der Waals surface area (Å²) in [4.78, 5) is 32.4. The number of aliphatic carboxylic acids is 1. The van der Waals surface area contributed by atoms with E-state index in [1.54, 1.807) is 20.8 Å². The fourth-order valence-corrected chi connectivity index (χ4v) is 0.662. The fourth-order valence-electron chi connectivity index (χ4n) is 0.662. The standard InChI is InChI=1S/C9H16N2O4/c1-9(2,3)8(15)11-4-6(12)10-5-7(13)14/h4-5H2,1-3H3,(H,10,12)(H,11,15)(H,13,14). The fraction of sp³-hybridized carbons (Fsp3) is 0.667. The van der Waals surface area contributed by atoms with E-state index in [1.807, 2.05) is 0 Å².